The topological polar surface area (TPSA) is 69.9 Å². The Kier molecular flexibility index (Phi) is 2.44. The van der Waals surface area contributed by atoms with Crippen LogP contribution >= 0.6 is 0 Å². The summed E-state index contributed by atoms with van der Waals surface area (Å²) in [5, 5.41) is 3.35. The monoisotopic (exact) mass is 211 g/mol. The van der Waals surface area contributed by atoms with Gasteiger partial charge in [-0.25, -0.2) is 4.79 Å². The first kappa shape index (κ1) is 10.4. The number of morpholine rings is 1. The summed E-state index contributed by atoms with van der Waals surface area (Å²) in [4.78, 5) is 16.7. The number of hydrogen-bond donors (Lipinski definition) is 3. The number of aryl methyl sites for hydroxylation is 1. The largest absolute Gasteiger partial charge is 0.366 e. The number of aromatic nitrogens is 2. The van der Waals surface area contributed by atoms with Crippen molar-refractivity contribution in [3.05, 3.63) is 21.9 Å². The number of hydrogen-bond acceptors (Lipinski definition) is 3. The van der Waals surface area contributed by atoms with Crippen LogP contribution in [-0.4, -0.2) is 29.2 Å². The van der Waals surface area contributed by atoms with Crippen LogP contribution in [0.15, 0.2) is 4.79 Å². The zero-order valence-corrected chi connectivity index (χ0v) is 9.31. The number of nitrogens with one attached hydrogen (secondary N) is 3. The van der Waals surface area contributed by atoms with E-state index in [1.165, 1.54) is 0 Å². The van der Waals surface area contributed by atoms with E-state index in [0.717, 1.165) is 11.4 Å². The molecule has 2 unspecified atom stereocenters. The Hall–Kier alpha value is -1.07. The Labute approximate surface area is 88.2 Å². The number of ether oxygens (including phenoxy) is 1. The van der Waals surface area contributed by atoms with Gasteiger partial charge in [0.15, 0.2) is 0 Å². The molecule has 1 fully saturated rings. The molecule has 1 aliphatic heterocycles. The van der Waals surface area contributed by atoms with Gasteiger partial charge in [-0.2, -0.15) is 0 Å². The van der Waals surface area contributed by atoms with Crippen molar-refractivity contribution >= 4 is 0 Å². The molecule has 0 bridgehead atoms. The summed E-state index contributed by atoms with van der Waals surface area (Å²) in [5.41, 5.74) is 1.08. The Morgan fingerprint density at radius 2 is 2.20 bits per heavy atom. The lowest BCUT2D eigenvalue weighted by Crippen LogP contribution is -2.50. The standard InChI is InChI=1S/C10H17N3O2/c1-6-4-15-10(3,5-11-6)8-7(2)12-9(14)13-8/h6,11H,4-5H2,1-3H3,(H2,12,13,14). The van der Waals surface area contributed by atoms with Crippen LogP contribution in [0.5, 0.6) is 0 Å². The van der Waals surface area contributed by atoms with Crippen LogP contribution < -0.4 is 11.0 Å². The van der Waals surface area contributed by atoms with Gasteiger partial charge >= 0.3 is 5.69 Å². The molecule has 0 aliphatic carbocycles. The predicted octanol–water partition coefficient (Wildman–Crippen LogP) is 0.235. The predicted molar refractivity (Wildman–Crippen MR) is 56.9 cm³/mol. The van der Waals surface area contributed by atoms with Gasteiger partial charge in [-0.15, -0.1) is 0 Å². The van der Waals surface area contributed by atoms with E-state index in [9.17, 15) is 4.79 Å². The van der Waals surface area contributed by atoms with Crippen LogP contribution in [0.3, 0.4) is 0 Å². The summed E-state index contributed by atoms with van der Waals surface area (Å²) in [6.07, 6.45) is 0. The summed E-state index contributed by atoms with van der Waals surface area (Å²) in [5.74, 6) is 0. The van der Waals surface area contributed by atoms with Crippen molar-refractivity contribution in [1.82, 2.24) is 15.3 Å². The second-order valence-corrected chi connectivity index (χ2v) is 4.40. The smallest absolute Gasteiger partial charge is 0.323 e. The minimum atomic E-state index is -0.435. The van der Waals surface area contributed by atoms with Gasteiger partial charge in [-0.1, -0.05) is 0 Å². The van der Waals surface area contributed by atoms with E-state index in [1.54, 1.807) is 0 Å². The minimum absolute atomic E-state index is 0.175. The molecular formula is C10H17N3O2. The van der Waals surface area contributed by atoms with Crippen LogP contribution in [0.4, 0.5) is 0 Å². The van der Waals surface area contributed by atoms with E-state index in [1.807, 2.05) is 13.8 Å². The van der Waals surface area contributed by atoms with Crippen LogP contribution in [-0.2, 0) is 10.3 Å². The molecule has 0 spiro atoms. The quantitative estimate of drug-likeness (QED) is 0.623. The molecule has 0 aromatic carbocycles. The molecule has 2 atom stereocenters. The molecule has 1 aromatic rings. The highest BCUT2D eigenvalue weighted by Gasteiger charge is 2.35. The highest BCUT2D eigenvalue weighted by molar-refractivity contribution is 5.18. The molecule has 0 radical (unpaired) electrons. The van der Waals surface area contributed by atoms with Crippen molar-refractivity contribution in [3.63, 3.8) is 0 Å². The summed E-state index contributed by atoms with van der Waals surface area (Å²) < 4.78 is 5.81. The average molecular weight is 211 g/mol. The molecule has 5 nitrogen and oxygen atoms in total. The molecule has 0 saturated carbocycles. The molecule has 1 aliphatic rings. The van der Waals surface area contributed by atoms with E-state index in [2.05, 4.69) is 22.2 Å². The Bertz CT molecular complexity index is 399. The normalized spacial score (nSPS) is 31.8. The number of imidazole rings is 1. The molecule has 15 heavy (non-hydrogen) atoms. The third-order valence-electron chi connectivity index (χ3n) is 2.88. The van der Waals surface area contributed by atoms with Crippen molar-refractivity contribution in [2.45, 2.75) is 32.4 Å². The van der Waals surface area contributed by atoms with Gasteiger partial charge in [0.05, 0.1) is 12.3 Å². The average Bonchev–Trinajstić information content (AvgIpc) is 2.52. The summed E-state index contributed by atoms with van der Waals surface area (Å²) >= 11 is 0. The first-order valence-corrected chi connectivity index (χ1v) is 5.18. The van der Waals surface area contributed by atoms with E-state index in [4.69, 9.17) is 4.74 Å². The van der Waals surface area contributed by atoms with E-state index in [-0.39, 0.29) is 5.69 Å². The molecule has 5 heteroatoms. The zero-order valence-electron chi connectivity index (χ0n) is 9.31. The lowest BCUT2D eigenvalue weighted by molar-refractivity contribution is -0.0757. The van der Waals surface area contributed by atoms with Crippen molar-refractivity contribution in [2.75, 3.05) is 13.2 Å². The molecule has 3 N–H and O–H groups in total. The summed E-state index contributed by atoms with van der Waals surface area (Å²) in [6.45, 7) is 7.30. The van der Waals surface area contributed by atoms with E-state index >= 15 is 0 Å². The second kappa shape index (κ2) is 3.50. The fraction of sp³-hybridized carbons (Fsp3) is 0.700. The Balaban J connectivity index is 2.29. The highest BCUT2D eigenvalue weighted by atomic mass is 16.5. The van der Waals surface area contributed by atoms with Gasteiger partial charge in [0.2, 0.25) is 0 Å². The Morgan fingerprint density at radius 1 is 1.47 bits per heavy atom. The van der Waals surface area contributed by atoms with Crippen LogP contribution in [0.1, 0.15) is 25.2 Å². The summed E-state index contributed by atoms with van der Waals surface area (Å²) in [7, 11) is 0. The van der Waals surface area contributed by atoms with Gasteiger partial charge in [-0.3, -0.25) is 0 Å². The molecule has 0 amide bonds. The van der Waals surface area contributed by atoms with Gasteiger partial charge in [0.25, 0.3) is 0 Å². The molecule has 1 aromatic heterocycles. The molecule has 84 valence electrons. The van der Waals surface area contributed by atoms with Crippen LogP contribution in [0, 0.1) is 6.92 Å². The maximum atomic E-state index is 11.2. The molecule has 2 heterocycles. The molecule has 2 rings (SSSR count). The first-order valence-electron chi connectivity index (χ1n) is 5.18. The van der Waals surface area contributed by atoms with Crippen molar-refractivity contribution in [1.29, 1.82) is 0 Å². The van der Waals surface area contributed by atoms with Crippen molar-refractivity contribution < 1.29 is 4.74 Å². The van der Waals surface area contributed by atoms with Gasteiger partial charge in [-0.05, 0) is 20.8 Å². The van der Waals surface area contributed by atoms with Crippen molar-refractivity contribution in [3.8, 4) is 0 Å². The lowest BCUT2D eigenvalue weighted by atomic mass is 9.98. The summed E-state index contributed by atoms with van der Waals surface area (Å²) in [6, 6.07) is 0.365. The van der Waals surface area contributed by atoms with Crippen LogP contribution in [0.2, 0.25) is 0 Å². The van der Waals surface area contributed by atoms with Crippen LogP contribution in [0.25, 0.3) is 0 Å². The SMILES string of the molecule is Cc1[nH]c(=O)[nH]c1C1(C)CNC(C)CO1. The maximum Gasteiger partial charge on any atom is 0.323 e. The number of H-pyrrole nitrogens is 2. The van der Waals surface area contributed by atoms with Gasteiger partial charge in [0.1, 0.15) is 5.60 Å². The first-order chi connectivity index (χ1) is 7.01. The van der Waals surface area contributed by atoms with E-state index < -0.39 is 5.60 Å². The van der Waals surface area contributed by atoms with Gasteiger partial charge < -0.3 is 20.0 Å². The molecular weight excluding hydrogens is 194 g/mol. The van der Waals surface area contributed by atoms with E-state index in [0.29, 0.717) is 19.2 Å². The Morgan fingerprint density at radius 3 is 2.67 bits per heavy atom. The zero-order chi connectivity index (χ0) is 11.1. The fourth-order valence-corrected chi connectivity index (χ4v) is 1.95. The maximum absolute atomic E-state index is 11.2. The van der Waals surface area contributed by atoms with Gasteiger partial charge in [0, 0.05) is 18.3 Å². The number of rotatable bonds is 1. The number of aromatic amines is 2. The fourth-order valence-electron chi connectivity index (χ4n) is 1.95. The minimum Gasteiger partial charge on any atom is -0.366 e. The second-order valence-electron chi connectivity index (χ2n) is 4.40. The molecule has 1 saturated heterocycles. The third kappa shape index (κ3) is 1.85. The lowest BCUT2D eigenvalue weighted by Gasteiger charge is -2.37. The highest BCUT2D eigenvalue weighted by Crippen LogP contribution is 2.26. The third-order valence-corrected chi connectivity index (χ3v) is 2.88. The van der Waals surface area contributed by atoms with Crippen molar-refractivity contribution in [2.24, 2.45) is 0 Å².